The maximum atomic E-state index is 12.1. The molecule has 2 rings (SSSR count). The minimum Gasteiger partial charge on any atom is -0.388 e. The van der Waals surface area contributed by atoms with Gasteiger partial charge in [-0.05, 0) is 11.6 Å². The Morgan fingerprint density at radius 3 is 2.52 bits per heavy atom. The van der Waals surface area contributed by atoms with Crippen LogP contribution in [0.1, 0.15) is 29.7 Å². The zero-order valence-electron chi connectivity index (χ0n) is 12.0. The van der Waals surface area contributed by atoms with Crippen LogP contribution in [0.5, 0.6) is 0 Å². The second-order valence-corrected chi connectivity index (χ2v) is 5.69. The number of hydrogen-bond donors (Lipinski definition) is 2. The van der Waals surface area contributed by atoms with Gasteiger partial charge >= 0.3 is 0 Å². The fourth-order valence-corrected chi connectivity index (χ4v) is 2.53. The van der Waals surface area contributed by atoms with Gasteiger partial charge in [-0.2, -0.15) is 5.26 Å². The first-order chi connectivity index (χ1) is 11.0. The number of rotatable bonds is 5. The Hall–Kier alpha value is -2.06. The Labute approximate surface area is 144 Å². The molecule has 0 spiro atoms. The molecule has 0 radical (unpaired) electrons. The molecule has 2 atom stereocenters. The Morgan fingerprint density at radius 2 is 1.87 bits per heavy atom. The Kier molecular flexibility index (Phi) is 6.00. The maximum absolute atomic E-state index is 12.1. The van der Waals surface area contributed by atoms with Gasteiger partial charge in [0.1, 0.15) is 6.04 Å². The number of nitrogens with zero attached hydrogens (tertiary/aromatic N) is 1. The number of aliphatic hydroxyl groups is 1. The van der Waals surface area contributed by atoms with Crippen LogP contribution in [0.25, 0.3) is 0 Å². The second kappa shape index (κ2) is 7.98. The van der Waals surface area contributed by atoms with Crippen LogP contribution in [0, 0.1) is 11.3 Å². The van der Waals surface area contributed by atoms with Crippen molar-refractivity contribution in [3.05, 3.63) is 69.7 Å². The van der Waals surface area contributed by atoms with Crippen LogP contribution in [0.3, 0.4) is 0 Å². The molecule has 0 saturated carbocycles. The van der Waals surface area contributed by atoms with Crippen molar-refractivity contribution in [2.24, 2.45) is 0 Å². The van der Waals surface area contributed by atoms with Crippen molar-refractivity contribution in [1.29, 1.82) is 5.26 Å². The number of benzene rings is 2. The topological polar surface area (TPSA) is 73.1 Å². The smallest absolute Gasteiger partial charge is 0.224 e. The summed E-state index contributed by atoms with van der Waals surface area (Å²) >= 11 is 12.0. The standard InChI is InChI=1S/C17H14Cl2N2O2/c18-13-8-4-7-12(17(13)19)14(10-20)21-16(23)9-15(22)11-5-2-1-3-6-11/h1-8,14-15,22H,9H2,(H,21,23). The third-order valence-corrected chi connectivity index (χ3v) is 4.12. The summed E-state index contributed by atoms with van der Waals surface area (Å²) in [6.07, 6.45) is -1.09. The quantitative estimate of drug-likeness (QED) is 0.862. The van der Waals surface area contributed by atoms with Crippen LogP contribution in [-0.4, -0.2) is 11.0 Å². The fraction of sp³-hybridized carbons (Fsp3) is 0.176. The minimum absolute atomic E-state index is 0.152. The number of nitriles is 1. The normalized spacial score (nSPS) is 13.0. The van der Waals surface area contributed by atoms with Gasteiger partial charge in [-0.25, -0.2) is 0 Å². The summed E-state index contributed by atoms with van der Waals surface area (Å²) in [4.78, 5) is 12.1. The van der Waals surface area contributed by atoms with Gasteiger partial charge in [-0.15, -0.1) is 0 Å². The molecule has 0 bridgehead atoms. The van der Waals surface area contributed by atoms with E-state index in [1.807, 2.05) is 12.1 Å². The Morgan fingerprint density at radius 1 is 1.17 bits per heavy atom. The number of nitrogens with one attached hydrogen (secondary N) is 1. The molecule has 23 heavy (non-hydrogen) atoms. The lowest BCUT2D eigenvalue weighted by Crippen LogP contribution is -2.29. The van der Waals surface area contributed by atoms with E-state index in [1.165, 1.54) is 0 Å². The number of hydrogen-bond acceptors (Lipinski definition) is 3. The van der Waals surface area contributed by atoms with E-state index >= 15 is 0 Å². The van der Waals surface area contributed by atoms with Crippen molar-refractivity contribution in [2.45, 2.75) is 18.6 Å². The van der Waals surface area contributed by atoms with E-state index in [1.54, 1.807) is 42.5 Å². The molecular weight excluding hydrogens is 335 g/mol. The van der Waals surface area contributed by atoms with Crippen molar-refractivity contribution >= 4 is 29.1 Å². The molecule has 2 aromatic rings. The fourth-order valence-electron chi connectivity index (χ4n) is 2.11. The summed E-state index contributed by atoms with van der Waals surface area (Å²) < 4.78 is 0. The molecule has 0 aliphatic carbocycles. The van der Waals surface area contributed by atoms with Gasteiger partial charge in [-0.3, -0.25) is 4.79 Å². The van der Waals surface area contributed by atoms with Crippen molar-refractivity contribution in [2.75, 3.05) is 0 Å². The highest BCUT2D eigenvalue weighted by atomic mass is 35.5. The number of carbonyl (C=O) groups is 1. The summed E-state index contributed by atoms with van der Waals surface area (Å²) in [5.74, 6) is -0.455. The van der Waals surface area contributed by atoms with E-state index in [9.17, 15) is 15.2 Å². The van der Waals surface area contributed by atoms with Crippen LogP contribution >= 0.6 is 23.2 Å². The molecule has 4 nitrogen and oxygen atoms in total. The van der Waals surface area contributed by atoms with Crippen molar-refractivity contribution in [3.63, 3.8) is 0 Å². The van der Waals surface area contributed by atoms with Gasteiger partial charge < -0.3 is 10.4 Å². The molecule has 2 unspecified atom stereocenters. The molecule has 2 aromatic carbocycles. The van der Waals surface area contributed by atoms with Gasteiger partial charge in [0, 0.05) is 5.56 Å². The lowest BCUT2D eigenvalue weighted by Gasteiger charge is -2.16. The van der Waals surface area contributed by atoms with Crippen LogP contribution in [0.15, 0.2) is 48.5 Å². The van der Waals surface area contributed by atoms with E-state index < -0.39 is 18.1 Å². The maximum Gasteiger partial charge on any atom is 0.224 e. The molecule has 2 N–H and O–H groups in total. The highest BCUT2D eigenvalue weighted by Crippen LogP contribution is 2.30. The first kappa shape index (κ1) is 17.3. The predicted octanol–water partition coefficient (Wildman–Crippen LogP) is 3.80. The van der Waals surface area contributed by atoms with E-state index in [0.717, 1.165) is 0 Å². The zero-order chi connectivity index (χ0) is 16.8. The first-order valence-corrected chi connectivity index (χ1v) is 7.64. The molecule has 1 amide bonds. The van der Waals surface area contributed by atoms with E-state index in [2.05, 4.69) is 5.32 Å². The molecule has 118 valence electrons. The lowest BCUT2D eigenvalue weighted by atomic mass is 10.0. The highest BCUT2D eigenvalue weighted by molar-refractivity contribution is 6.42. The summed E-state index contributed by atoms with van der Waals surface area (Å²) in [6, 6.07) is 14.8. The van der Waals surface area contributed by atoms with Crippen molar-refractivity contribution in [3.8, 4) is 6.07 Å². The summed E-state index contributed by atoms with van der Waals surface area (Å²) in [6.45, 7) is 0. The average molecular weight is 349 g/mol. The number of halogens is 2. The Balaban J connectivity index is 2.06. The molecule has 0 fully saturated rings. The number of aliphatic hydroxyl groups excluding tert-OH is 1. The van der Waals surface area contributed by atoms with E-state index in [-0.39, 0.29) is 11.4 Å². The van der Waals surface area contributed by atoms with E-state index in [0.29, 0.717) is 16.1 Å². The monoisotopic (exact) mass is 348 g/mol. The minimum atomic E-state index is -0.939. The molecular formula is C17H14Cl2N2O2. The van der Waals surface area contributed by atoms with Crippen molar-refractivity contribution < 1.29 is 9.90 Å². The first-order valence-electron chi connectivity index (χ1n) is 6.89. The van der Waals surface area contributed by atoms with Crippen LogP contribution in [0.4, 0.5) is 0 Å². The van der Waals surface area contributed by atoms with Gasteiger partial charge in [0.2, 0.25) is 5.91 Å². The average Bonchev–Trinajstić information content (AvgIpc) is 2.56. The summed E-state index contributed by atoms with van der Waals surface area (Å²) in [5, 5.41) is 22.4. The van der Waals surface area contributed by atoms with Gasteiger partial charge in [0.05, 0.1) is 28.6 Å². The van der Waals surface area contributed by atoms with Gasteiger partial charge in [0.25, 0.3) is 0 Å². The second-order valence-electron chi connectivity index (χ2n) is 4.90. The number of amides is 1. The van der Waals surface area contributed by atoms with Gasteiger partial charge in [-0.1, -0.05) is 65.7 Å². The predicted molar refractivity (Wildman–Crippen MR) is 89.0 cm³/mol. The largest absolute Gasteiger partial charge is 0.388 e. The third kappa shape index (κ3) is 4.46. The van der Waals surface area contributed by atoms with Crippen molar-refractivity contribution in [1.82, 2.24) is 5.32 Å². The van der Waals surface area contributed by atoms with Gasteiger partial charge in [0.15, 0.2) is 0 Å². The lowest BCUT2D eigenvalue weighted by molar-refractivity contribution is -0.123. The van der Waals surface area contributed by atoms with Crippen LogP contribution < -0.4 is 5.32 Å². The summed E-state index contributed by atoms with van der Waals surface area (Å²) in [7, 11) is 0. The van der Waals surface area contributed by atoms with E-state index in [4.69, 9.17) is 23.2 Å². The molecule has 0 aromatic heterocycles. The summed E-state index contributed by atoms with van der Waals surface area (Å²) in [5.41, 5.74) is 1.06. The zero-order valence-corrected chi connectivity index (χ0v) is 13.6. The van der Waals surface area contributed by atoms with Crippen LogP contribution in [0.2, 0.25) is 10.0 Å². The Bertz CT molecular complexity index is 729. The van der Waals surface area contributed by atoms with Crippen LogP contribution in [-0.2, 0) is 4.79 Å². The number of carbonyl (C=O) groups excluding carboxylic acids is 1. The highest BCUT2D eigenvalue weighted by Gasteiger charge is 2.20. The molecule has 0 aliphatic heterocycles. The third-order valence-electron chi connectivity index (χ3n) is 3.29. The molecule has 6 heteroatoms. The molecule has 0 saturated heterocycles. The molecule has 0 heterocycles. The SMILES string of the molecule is N#CC(NC(=O)CC(O)c1ccccc1)c1cccc(Cl)c1Cl. The molecule has 0 aliphatic rings.